The van der Waals surface area contributed by atoms with Crippen LogP contribution in [0.3, 0.4) is 0 Å². The predicted octanol–water partition coefficient (Wildman–Crippen LogP) is 12.2. The zero-order valence-electron chi connectivity index (χ0n) is 27.2. The van der Waals surface area contributed by atoms with Gasteiger partial charge in [-0.2, -0.15) is 0 Å². The molecule has 234 valence electrons. The number of hydrogen-bond acceptors (Lipinski definition) is 3. The molecule has 0 N–H and O–H groups in total. The molecule has 0 aliphatic rings. The average Bonchev–Trinajstić information content (AvgIpc) is 3.21. The molecule has 0 radical (unpaired) electrons. The highest BCUT2D eigenvalue weighted by atomic mass is 15.0. The Bertz CT molecular complexity index is 2550. The summed E-state index contributed by atoms with van der Waals surface area (Å²) in [6.07, 6.45) is 0. The van der Waals surface area contributed by atoms with E-state index in [1.54, 1.807) is 0 Å². The minimum Gasteiger partial charge on any atom is -0.208 e. The molecule has 0 saturated carbocycles. The fourth-order valence-corrected chi connectivity index (χ4v) is 6.79. The van der Waals surface area contributed by atoms with E-state index in [-0.39, 0.29) is 0 Å². The van der Waals surface area contributed by atoms with E-state index >= 15 is 0 Å². The van der Waals surface area contributed by atoms with Crippen LogP contribution in [0, 0.1) is 0 Å². The normalized spacial score (nSPS) is 11.2. The van der Waals surface area contributed by atoms with Crippen molar-refractivity contribution < 1.29 is 0 Å². The van der Waals surface area contributed by atoms with Crippen LogP contribution < -0.4 is 0 Å². The van der Waals surface area contributed by atoms with Crippen LogP contribution in [0.4, 0.5) is 0 Å². The Morgan fingerprint density at radius 2 is 0.700 bits per heavy atom. The quantitative estimate of drug-likeness (QED) is 0.170. The highest BCUT2D eigenvalue weighted by Crippen LogP contribution is 2.36. The Labute approximate surface area is 291 Å². The van der Waals surface area contributed by atoms with Gasteiger partial charge in [0.1, 0.15) is 0 Å². The Morgan fingerprint density at radius 1 is 0.240 bits per heavy atom. The van der Waals surface area contributed by atoms with Crippen molar-refractivity contribution in [2.24, 2.45) is 0 Å². The van der Waals surface area contributed by atoms with Crippen molar-refractivity contribution in [3.63, 3.8) is 0 Å². The van der Waals surface area contributed by atoms with Gasteiger partial charge in [0, 0.05) is 16.7 Å². The number of aromatic nitrogens is 3. The SMILES string of the molecule is c1ccc(-c2cccc(-c3nc(-c4cccc(-c5ccccc5)c4)nc(-c4ccccc4-c4ccc5ccc6ccccc6c5c4)n3)c2)cc1. The lowest BCUT2D eigenvalue weighted by molar-refractivity contribution is 1.07. The minimum atomic E-state index is 0.632. The molecule has 0 bridgehead atoms. The molecule has 9 aromatic rings. The number of fused-ring (bicyclic) bond motifs is 3. The monoisotopic (exact) mass is 637 g/mol. The summed E-state index contributed by atoms with van der Waals surface area (Å²) in [5, 5.41) is 4.91. The molecule has 0 saturated heterocycles. The predicted molar refractivity (Wildman–Crippen MR) is 207 cm³/mol. The van der Waals surface area contributed by atoms with E-state index in [1.165, 1.54) is 21.5 Å². The third-order valence-corrected chi connectivity index (χ3v) is 9.32. The minimum absolute atomic E-state index is 0.632. The molecule has 0 unspecified atom stereocenters. The number of rotatable bonds is 6. The highest BCUT2D eigenvalue weighted by molar-refractivity contribution is 6.09. The highest BCUT2D eigenvalue weighted by Gasteiger charge is 2.17. The molecule has 0 atom stereocenters. The van der Waals surface area contributed by atoms with Gasteiger partial charge in [-0.3, -0.25) is 0 Å². The van der Waals surface area contributed by atoms with Crippen LogP contribution in [0.15, 0.2) is 188 Å². The maximum Gasteiger partial charge on any atom is 0.164 e. The summed E-state index contributed by atoms with van der Waals surface area (Å²) in [6, 6.07) is 65.8. The summed E-state index contributed by atoms with van der Waals surface area (Å²) >= 11 is 0. The molecule has 8 aromatic carbocycles. The summed E-state index contributed by atoms with van der Waals surface area (Å²) < 4.78 is 0. The first-order valence-electron chi connectivity index (χ1n) is 16.9. The molecule has 1 heterocycles. The summed E-state index contributed by atoms with van der Waals surface area (Å²) in [5.41, 5.74) is 9.53. The van der Waals surface area contributed by atoms with Gasteiger partial charge in [0.2, 0.25) is 0 Å². The second-order valence-electron chi connectivity index (χ2n) is 12.5. The molecule has 3 nitrogen and oxygen atoms in total. The first-order chi connectivity index (χ1) is 24.8. The fourth-order valence-electron chi connectivity index (χ4n) is 6.79. The van der Waals surface area contributed by atoms with E-state index in [2.05, 4.69) is 176 Å². The second kappa shape index (κ2) is 12.7. The van der Waals surface area contributed by atoms with Crippen LogP contribution in [-0.4, -0.2) is 15.0 Å². The van der Waals surface area contributed by atoms with Gasteiger partial charge in [0.25, 0.3) is 0 Å². The van der Waals surface area contributed by atoms with E-state index < -0.39 is 0 Å². The Kier molecular flexibility index (Phi) is 7.49. The van der Waals surface area contributed by atoms with Crippen molar-refractivity contribution in [3.05, 3.63) is 188 Å². The van der Waals surface area contributed by atoms with Crippen molar-refractivity contribution in [3.8, 4) is 67.5 Å². The summed E-state index contributed by atoms with van der Waals surface area (Å²) in [7, 11) is 0. The molecule has 0 amide bonds. The van der Waals surface area contributed by atoms with Crippen molar-refractivity contribution in [2.45, 2.75) is 0 Å². The first-order valence-corrected chi connectivity index (χ1v) is 16.9. The van der Waals surface area contributed by atoms with Gasteiger partial charge in [-0.05, 0) is 73.1 Å². The van der Waals surface area contributed by atoms with Gasteiger partial charge in [0.05, 0.1) is 0 Å². The third-order valence-electron chi connectivity index (χ3n) is 9.32. The lowest BCUT2D eigenvalue weighted by atomic mass is 9.94. The van der Waals surface area contributed by atoms with Crippen molar-refractivity contribution >= 4 is 21.5 Å². The number of hydrogen-bond donors (Lipinski definition) is 0. The van der Waals surface area contributed by atoms with Crippen LogP contribution in [0.25, 0.3) is 89.1 Å². The lowest BCUT2D eigenvalue weighted by Crippen LogP contribution is -2.01. The van der Waals surface area contributed by atoms with Gasteiger partial charge < -0.3 is 0 Å². The van der Waals surface area contributed by atoms with Gasteiger partial charge in [-0.1, -0.05) is 170 Å². The van der Waals surface area contributed by atoms with Crippen LogP contribution in [0.5, 0.6) is 0 Å². The van der Waals surface area contributed by atoms with Crippen LogP contribution >= 0.6 is 0 Å². The standard InChI is InChI=1S/C47H31N3/c1-3-13-32(14-4-1)36-18-11-20-39(29-36)45-48-46(40-21-12-19-37(30-40)33-15-5-2-6-16-33)50-47(49-45)43-24-10-9-23-42(43)38-28-27-35-26-25-34-17-7-8-22-41(34)44(35)31-38/h1-31H. The van der Waals surface area contributed by atoms with Crippen LogP contribution in [-0.2, 0) is 0 Å². The largest absolute Gasteiger partial charge is 0.208 e. The number of benzene rings is 8. The Hall–Kier alpha value is -6.71. The van der Waals surface area contributed by atoms with Gasteiger partial charge in [-0.25, -0.2) is 15.0 Å². The van der Waals surface area contributed by atoms with Crippen molar-refractivity contribution in [1.82, 2.24) is 15.0 Å². The van der Waals surface area contributed by atoms with E-state index in [1.807, 2.05) is 12.1 Å². The summed E-state index contributed by atoms with van der Waals surface area (Å²) in [5.74, 6) is 1.90. The topological polar surface area (TPSA) is 38.7 Å². The summed E-state index contributed by atoms with van der Waals surface area (Å²) in [4.78, 5) is 15.5. The first kappa shape index (κ1) is 29.4. The average molecular weight is 638 g/mol. The molecule has 0 spiro atoms. The molecule has 0 fully saturated rings. The molecule has 3 heteroatoms. The summed E-state index contributed by atoms with van der Waals surface area (Å²) in [6.45, 7) is 0. The molecule has 50 heavy (non-hydrogen) atoms. The lowest BCUT2D eigenvalue weighted by Gasteiger charge is -2.14. The third kappa shape index (κ3) is 5.61. The van der Waals surface area contributed by atoms with E-state index in [0.717, 1.165) is 50.1 Å². The van der Waals surface area contributed by atoms with Crippen LogP contribution in [0.2, 0.25) is 0 Å². The zero-order valence-corrected chi connectivity index (χ0v) is 27.2. The van der Waals surface area contributed by atoms with Crippen molar-refractivity contribution in [1.29, 1.82) is 0 Å². The maximum atomic E-state index is 5.19. The van der Waals surface area contributed by atoms with Crippen molar-refractivity contribution in [2.75, 3.05) is 0 Å². The second-order valence-corrected chi connectivity index (χ2v) is 12.5. The van der Waals surface area contributed by atoms with E-state index in [9.17, 15) is 0 Å². The Balaban J connectivity index is 1.23. The molecule has 0 aliphatic heterocycles. The molecular weight excluding hydrogens is 607 g/mol. The molecule has 9 rings (SSSR count). The smallest absolute Gasteiger partial charge is 0.164 e. The number of nitrogens with zero attached hydrogens (tertiary/aromatic N) is 3. The zero-order chi connectivity index (χ0) is 33.3. The Morgan fingerprint density at radius 3 is 1.34 bits per heavy atom. The fraction of sp³-hybridized carbons (Fsp3) is 0. The molecule has 1 aromatic heterocycles. The van der Waals surface area contributed by atoms with E-state index in [4.69, 9.17) is 15.0 Å². The maximum absolute atomic E-state index is 5.19. The molecule has 0 aliphatic carbocycles. The van der Waals surface area contributed by atoms with Gasteiger partial charge >= 0.3 is 0 Å². The molecular formula is C47H31N3. The van der Waals surface area contributed by atoms with Gasteiger partial charge in [-0.15, -0.1) is 0 Å². The van der Waals surface area contributed by atoms with E-state index in [0.29, 0.717) is 17.5 Å². The van der Waals surface area contributed by atoms with Gasteiger partial charge in [0.15, 0.2) is 17.5 Å². The van der Waals surface area contributed by atoms with Crippen LogP contribution in [0.1, 0.15) is 0 Å².